The molecule has 0 aliphatic carbocycles. The molecule has 0 aromatic rings. The molecule has 3 unspecified atom stereocenters. The second-order valence-corrected chi connectivity index (χ2v) is 21.8. The first-order chi connectivity index (χ1) is 32.9. The normalized spacial score (nSPS) is 14.2. The van der Waals surface area contributed by atoms with E-state index >= 15 is 0 Å². The fraction of sp³-hybridized carbons (Fsp3) is 0.828. The number of phosphoric acid groups is 1. The zero-order chi connectivity index (χ0) is 50.1. The summed E-state index contributed by atoms with van der Waals surface area (Å²) < 4.78 is 30.1. The summed E-state index contributed by atoms with van der Waals surface area (Å²) in [4.78, 5) is 39.8. The quantitative estimate of drug-likeness (QED) is 0.0212. The van der Waals surface area contributed by atoms with Gasteiger partial charge in [-0.3, -0.25) is 14.2 Å². The van der Waals surface area contributed by atoms with Crippen molar-refractivity contribution < 1.29 is 37.3 Å². The summed E-state index contributed by atoms with van der Waals surface area (Å²) in [5, 5.41) is 3.00. The van der Waals surface area contributed by atoms with Crippen LogP contribution in [0, 0.1) is 0 Å². The Balaban J connectivity index is 5.45. The van der Waals surface area contributed by atoms with Gasteiger partial charge < -0.3 is 28.5 Å². The fourth-order valence-electron chi connectivity index (χ4n) is 8.04. The molecule has 0 bridgehead atoms. The highest BCUT2D eigenvalue weighted by molar-refractivity contribution is 7.45. The molecule has 0 fully saturated rings. The Kier molecular flexibility index (Phi) is 47.1. The Morgan fingerprint density at radius 3 is 1.37 bits per heavy atom. The van der Waals surface area contributed by atoms with Crippen LogP contribution in [-0.4, -0.2) is 69.4 Å². The summed E-state index contributed by atoms with van der Waals surface area (Å²) in [5.41, 5.74) is 0. The van der Waals surface area contributed by atoms with Crippen LogP contribution in [0.15, 0.2) is 48.6 Å². The Hall–Kier alpha value is -2.03. The van der Waals surface area contributed by atoms with Crippen LogP contribution in [0.3, 0.4) is 0 Å². The number of nitrogens with one attached hydrogen (secondary N) is 1. The number of esters is 1. The fourth-order valence-corrected chi connectivity index (χ4v) is 8.76. The maximum atomic E-state index is 13.5. The van der Waals surface area contributed by atoms with Crippen LogP contribution in [0.25, 0.3) is 0 Å². The zero-order valence-electron chi connectivity index (χ0n) is 45.3. The van der Waals surface area contributed by atoms with Gasteiger partial charge in [0.05, 0.1) is 33.8 Å². The Bertz CT molecular complexity index is 1310. The first-order valence-corrected chi connectivity index (χ1v) is 29.9. The minimum Gasteiger partial charge on any atom is -0.756 e. The van der Waals surface area contributed by atoms with Crippen molar-refractivity contribution in [1.29, 1.82) is 0 Å². The molecule has 398 valence electrons. The number of phosphoric ester groups is 1. The van der Waals surface area contributed by atoms with E-state index < -0.39 is 32.5 Å². The first-order valence-electron chi connectivity index (χ1n) is 28.4. The van der Waals surface area contributed by atoms with Crippen molar-refractivity contribution in [2.45, 2.75) is 270 Å². The molecule has 0 saturated carbocycles. The van der Waals surface area contributed by atoms with Gasteiger partial charge in [0.2, 0.25) is 5.91 Å². The van der Waals surface area contributed by atoms with Crippen LogP contribution in [-0.2, 0) is 27.9 Å². The van der Waals surface area contributed by atoms with Crippen molar-refractivity contribution in [2.24, 2.45) is 0 Å². The van der Waals surface area contributed by atoms with E-state index in [1.807, 2.05) is 39.4 Å². The summed E-state index contributed by atoms with van der Waals surface area (Å²) in [6.07, 6.45) is 58.0. The Labute approximate surface area is 420 Å². The predicted molar refractivity (Wildman–Crippen MR) is 289 cm³/mol. The second-order valence-electron chi connectivity index (χ2n) is 20.4. The average molecular weight is 977 g/mol. The molecule has 0 heterocycles. The molecule has 1 N–H and O–H groups in total. The molecule has 3 atom stereocenters. The molecule has 0 aliphatic heterocycles. The Morgan fingerprint density at radius 1 is 0.515 bits per heavy atom. The lowest BCUT2D eigenvalue weighted by atomic mass is 10.0. The third-order valence-electron chi connectivity index (χ3n) is 12.5. The highest BCUT2D eigenvalue weighted by Crippen LogP contribution is 2.38. The molecule has 0 radical (unpaired) electrons. The van der Waals surface area contributed by atoms with Gasteiger partial charge in [0.15, 0.2) is 0 Å². The van der Waals surface area contributed by atoms with Gasteiger partial charge in [-0.15, -0.1) is 0 Å². The smallest absolute Gasteiger partial charge is 0.306 e. The van der Waals surface area contributed by atoms with Crippen molar-refractivity contribution in [3.63, 3.8) is 0 Å². The van der Waals surface area contributed by atoms with Crippen molar-refractivity contribution in [3.05, 3.63) is 48.6 Å². The maximum Gasteiger partial charge on any atom is 0.306 e. The van der Waals surface area contributed by atoms with Gasteiger partial charge >= 0.3 is 5.97 Å². The monoisotopic (exact) mass is 977 g/mol. The maximum absolute atomic E-state index is 13.5. The summed E-state index contributed by atoms with van der Waals surface area (Å²) in [6, 6.07) is -0.913. The van der Waals surface area contributed by atoms with Crippen LogP contribution < -0.4 is 10.2 Å². The molecule has 0 spiro atoms. The number of nitrogens with zero attached hydrogens (tertiary/aromatic N) is 1. The lowest BCUT2D eigenvalue weighted by Crippen LogP contribution is -2.47. The first kappa shape index (κ1) is 66.0. The molecule has 10 heteroatoms. The van der Waals surface area contributed by atoms with E-state index in [0.29, 0.717) is 23.9 Å². The van der Waals surface area contributed by atoms with E-state index in [1.165, 1.54) is 148 Å². The standard InChI is InChI=1S/C58H109N2O7P/c1-7-10-13-16-19-22-25-28-29-30-33-35-38-41-44-47-50-57(61)59-55(54-66-68(63,64)65-53-52-60(4,5)6)56(49-46-43-40-37-34-31-26-23-20-17-14-11-8-2)67-58(62)51-48-45-42-39-36-32-27-24-21-18-15-12-9-3/h29-30,32,36,42,45-46,49,55-56H,7-28,31,33-35,37-41,43-44,47-48,50-54H2,1-6H3,(H-,59,61,63,64)/b30-29+,36-32-,45-42+,49-46+. The van der Waals surface area contributed by atoms with Crippen molar-refractivity contribution in [1.82, 2.24) is 5.32 Å². The molecule has 0 aromatic carbocycles. The molecule has 0 saturated heterocycles. The van der Waals surface area contributed by atoms with E-state index in [-0.39, 0.29) is 18.9 Å². The van der Waals surface area contributed by atoms with E-state index in [2.05, 4.69) is 56.5 Å². The average Bonchev–Trinajstić information content (AvgIpc) is 3.29. The number of rotatable bonds is 51. The highest BCUT2D eigenvalue weighted by Gasteiger charge is 2.27. The number of hydrogen-bond acceptors (Lipinski definition) is 7. The predicted octanol–water partition coefficient (Wildman–Crippen LogP) is 16.3. The molecule has 68 heavy (non-hydrogen) atoms. The topological polar surface area (TPSA) is 114 Å². The van der Waals surface area contributed by atoms with E-state index in [4.69, 9.17) is 13.8 Å². The summed E-state index contributed by atoms with van der Waals surface area (Å²) in [5.74, 6) is -0.625. The third kappa shape index (κ3) is 49.0. The minimum absolute atomic E-state index is 0.0312. The number of likely N-dealkylation sites (N-methyl/N-ethyl adjacent to an activating group) is 1. The van der Waals surface area contributed by atoms with Crippen LogP contribution in [0.4, 0.5) is 0 Å². The molecule has 0 aliphatic rings. The van der Waals surface area contributed by atoms with E-state index in [0.717, 1.165) is 70.6 Å². The molecule has 0 rings (SSSR count). The van der Waals surface area contributed by atoms with Crippen molar-refractivity contribution >= 4 is 19.7 Å². The molecule has 0 aromatic heterocycles. The summed E-state index contributed by atoms with van der Waals surface area (Å²) in [6.45, 7) is 6.79. The van der Waals surface area contributed by atoms with Gasteiger partial charge in [0, 0.05) is 12.8 Å². The van der Waals surface area contributed by atoms with Crippen molar-refractivity contribution in [2.75, 3.05) is 40.9 Å². The zero-order valence-corrected chi connectivity index (χ0v) is 46.2. The molecular formula is C58H109N2O7P. The molecular weight excluding hydrogens is 868 g/mol. The second kappa shape index (κ2) is 48.6. The summed E-state index contributed by atoms with van der Waals surface area (Å²) in [7, 11) is 1.16. The third-order valence-corrected chi connectivity index (χ3v) is 13.5. The van der Waals surface area contributed by atoms with Gasteiger partial charge in [0.25, 0.3) is 7.82 Å². The number of carbonyl (C=O) groups is 2. The van der Waals surface area contributed by atoms with Crippen LogP contribution >= 0.6 is 7.82 Å². The van der Waals surface area contributed by atoms with Gasteiger partial charge in [0.1, 0.15) is 19.3 Å². The Morgan fingerprint density at radius 2 is 0.912 bits per heavy atom. The SMILES string of the molecule is CCCCCCCC/C=C\C/C=C/CCC(=O)OC(/C=C/CCCCCCCCCCCCC)C(COP(=O)([O-])OCC[N+](C)(C)C)NC(=O)CCCCCCC/C=C/CCCCCCCCC. The number of amides is 1. The number of ether oxygens (including phenoxy) is 1. The molecule has 1 amide bonds. The lowest BCUT2D eigenvalue weighted by molar-refractivity contribution is -0.870. The number of carbonyl (C=O) groups excluding carboxylic acids is 2. The largest absolute Gasteiger partial charge is 0.756 e. The number of quaternary nitrogens is 1. The van der Waals surface area contributed by atoms with Gasteiger partial charge in [-0.2, -0.15) is 0 Å². The van der Waals surface area contributed by atoms with E-state index in [1.54, 1.807) is 0 Å². The minimum atomic E-state index is -4.70. The van der Waals surface area contributed by atoms with Gasteiger partial charge in [-0.1, -0.05) is 217 Å². The number of unbranched alkanes of at least 4 members (excludes halogenated alkanes) is 29. The number of hydrogen-bond donors (Lipinski definition) is 1. The molecule has 9 nitrogen and oxygen atoms in total. The van der Waals surface area contributed by atoms with E-state index in [9.17, 15) is 19.0 Å². The number of allylic oxidation sites excluding steroid dienone is 7. The van der Waals surface area contributed by atoms with Crippen LogP contribution in [0.1, 0.15) is 258 Å². The van der Waals surface area contributed by atoms with Crippen molar-refractivity contribution in [3.8, 4) is 0 Å². The van der Waals surface area contributed by atoms with Crippen LogP contribution in [0.2, 0.25) is 0 Å². The summed E-state index contributed by atoms with van der Waals surface area (Å²) >= 11 is 0. The van der Waals surface area contributed by atoms with Gasteiger partial charge in [-0.25, -0.2) is 0 Å². The van der Waals surface area contributed by atoms with Crippen LogP contribution in [0.5, 0.6) is 0 Å². The highest BCUT2D eigenvalue weighted by atomic mass is 31.2. The van der Waals surface area contributed by atoms with Gasteiger partial charge in [-0.05, 0) is 76.7 Å². The lowest BCUT2D eigenvalue weighted by Gasteiger charge is -2.30.